The fraction of sp³-hybridized carbons (Fsp3) is 0.364. The van der Waals surface area contributed by atoms with Gasteiger partial charge in [0, 0.05) is 0 Å². The molecule has 0 aliphatic heterocycles. The molecule has 0 aromatic heterocycles. The van der Waals surface area contributed by atoms with Gasteiger partial charge in [0.1, 0.15) is 5.75 Å². The summed E-state index contributed by atoms with van der Waals surface area (Å²) in [6, 6.07) is 3.07. The van der Waals surface area contributed by atoms with E-state index in [4.69, 9.17) is 5.11 Å². The molecule has 94 valence electrons. The minimum Gasteiger partial charge on any atom is -0.496 e. The molecule has 1 atom stereocenters. The molecule has 1 rings (SSSR count). The van der Waals surface area contributed by atoms with E-state index in [2.05, 4.69) is 4.74 Å². The van der Waals surface area contributed by atoms with Crippen molar-refractivity contribution in [3.63, 3.8) is 0 Å². The Bertz CT molecular complexity index is 426. The number of hydrogen-bond acceptors (Lipinski definition) is 2. The fourth-order valence-corrected chi connectivity index (χ4v) is 1.35. The SMILES string of the molecule is COc1cc(C(C)C(=O)O)ccc1C(F)(F)F. The lowest BCUT2D eigenvalue weighted by molar-refractivity contribution is -0.139. The van der Waals surface area contributed by atoms with Crippen LogP contribution in [0, 0.1) is 0 Å². The molecule has 17 heavy (non-hydrogen) atoms. The molecule has 1 unspecified atom stereocenters. The first kappa shape index (κ1) is 13.3. The summed E-state index contributed by atoms with van der Waals surface area (Å²) in [6.07, 6.45) is -4.52. The molecular weight excluding hydrogens is 237 g/mol. The molecule has 0 saturated carbocycles. The Kier molecular flexibility index (Phi) is 3.65. The number of benzene rings is 1. The first-order valence-electron chi connectivity index (χ1n) is 4.75. The second-order valence-corrected chi connectivity index (χ2v) is 3.52. The van der Waals surface area contributed by atoms with Crippen molar-refractivity contribution in [2.45, 2.75) is 19.0 Å². The minimum atomic E-state index is -4.52. The van der Waals surface area contributed by atoms with Gasteiger partial charge in [-0.15, -0.1) is 0 Å². The van der Waals surface area contributed by atoms with Gasteiger partial charge in [0.25, 0.3) is 0 Å². The largest absolute Gasteiger partial charge is 0.496 e. The molecule has 6 heteroatoms. The Morgan fingerprint density at radius 3 is 2.41 bits per heavy atom. The predicted octanol–water partition coefficient (Wildman–Crippen LogP) is 2.90. The highest BCUT2D eigenvalue weighted by Crippen LogP contribution is 2.37. The van der Waals surface area contributed by atoms with Gasteiger partial charge in [-0.05, 0) is 24.6 Å². The summed E-state index contributed by atoms with van der Waals surface area (Å²) >= 11 is 0. The zero-order chi connectivity index (χ0) is 13.2. The van der Waals surface area contributed by atoms with Gasteiger partial charge in [-0.1, -0.05) is 6.07 Å². The predicted molar refractivity (Wildman–Crippen MR) is 54.0 cm³/mol. The Hall–Kier alpha value is -1.72. The lowest BCUT2D eigenvalue weighted by Gasteiger charge is -2.14. The number of carboxylic acids is 1. The number of aliphatic carboxylic acids is 1. The van der Waals surface area contributed by atoms with Crippen molar-refractivity contribution >= 4 is 5.97 Å². The van der Waals surface area contributed by atoms with Crippen LogP contribution in [0.5, 0.6) is 5.75 Å². The molecule has 1 aromatic rings. The minimum absolute atomic E-state index is 0.266. The van der Waals surface area contributed by atoms with Crippen LogP contribution in [-0.4, -0.2) is 18.2 Å². The highest BCUT2D eigenvalue weighted by molar-refractivity contribution is 5.75. The van der Waals surface area contributed by atoms with Crippen molar-refractivity contribution in [2.24, 2.45) is 0 Å². The van der Waals surface area contributed by atoms with E-state index in [1.54, 1.807) is 0 Å². The van der Waals surface area contributed by atoms with E-state index in [9.17, 15) is 18.0 Å². The first-order chi connectivity index (χ1) is 7.77. The average molecular weight is 248 g/mol. The third-order valence-electron chi connectivity index (χ3n) is 2.40. The summed E-state index contributed by atoms with van der Waals surface area (Å²) in [4.78, 5) is 10.7. The van der Waals surface area contributed by atoms with Crippen LogP contribution in [0.4, 0.5) is 13.2 Å². The second-order valence-electron chi connectivity index (χ2n) is 3.52. The van der Waals surface area contributed by atoms with Crippen LogP contribution < -0.4 is 4.74 Å². The van der Waals surface area contributed by atoms with Gasteiger partial charge in [0.15, 0.2) is 0 Å². The molecule has 1 aromatic carbocycles. The second kappa shape index (κ2) is 4.65. The maximum absolute atomic E-state index is 12.5. The number of ether oxygens (including phenoxy) is 1. The molecule has 0 fully saturated rings. The molecule has 0 saturated heterocycles. The maximum Gasteiger partial charge on any atom is 0.419 e. The number of halogens is 3. The van der Waals surface area contributed by atoms with Crippen LogP contribution in [-0.2, 0) is 11.0 Å². The molecule has 0 spiro atoms. The van der Waals surface area contributed by atoms with Crippen LogP contribution in [0.15, 0.2) is 18.2 Å². The molecule has 3 nitrogen and oxygen atoms in total. The molecule has 0 bridgehead atoms. The summed E-state index contributed by atoms with van der Waals surface area (Å²) in [6.45, 7) is 1.39. The lowest BCUT2D eigenvalue weighted by atomic mass is 9.99. The van der Waals surface area contributed by atoms with Crippen molar-refractivity contribution in [1.29, 1.82) is 0 Å². The summed E-state index contributed by atoms with van der Waals surface area (Å²) in [5, 5.41) is 8.77. The van der Waals surface area contributed by atoms with Gasteiger partial charge < -0.3 is 9.84 Å². The number of methoxy groups -OCH3 is 1. The Morgan fingerprint density at radius 1 is 1.41 bits per heavy atom. The first-order valence-corrected chi connectivity index (χ1v) is 4.75. The number of carboxylic acid groups (broad SMARTS) is 1. The zero-order valence-corrected chi connectivity index (χ0v) is 9.21. The van der Waals surface area contributed by atoms with Crippen molar-refractivity contribution in [3.8, 4) is 5.75 Å². The summed E-state index contributed by atoms with van der Waals surface area (Å²) in [5.74, 6) is -2.36. The van der Waals surface area contributed by atoms with Crippen molar-refractivity contribution in [1.82, 2.24) is 0 Å². The van der Waals surface area contributed by atoms with Gasteiger partial charge >= 0.3 is 12.1 Å². The highest BCUT2D eigenvalue weighted by atomic mass is 19.4. The van der Waals surface area contributed by atoms with E-state index in [0.717, 1.165) is 25.3 Å². The van der Waals surface area contributed by atoms with Gasteiger partial charge in [-0.3, -0.25) is 4.79 Å². The molecule has 0 heterocycles. The maximum atomic E-state index is 12.5. The average Bonchev–Trinajstić information content (AvgIpc) is 2.25. The van der Waals surface area contributed by atoms with Gasteiger partial charge in [-0.2, -0.15) is 13.2 Å². The van der Waals surface area contributed by atoms with E-state index < -0.39 is 23.6 Å². The van der Waals surface area contributed by atoms with Crippen LogP contribution in [0.1, 0.15) is 24.0 Å². The van der Waals surface area contributed by atoms with Crippen LogP contribution in [0.2, 0.25) is 0 Å². The third-order valence-corrected chi connectivity index (χ3v) is 2.40. The summed E-state index contributed by atoms with van der Waals surface area (Å²) < 4.78 is 42.2. The number of hydrogen-bond donors (Lipinski definition) is 1. The van der Waals surface area contributed by atoms with Crippen molar-refractivity contribution in [2.75, 3.05) is 7.11 Å². The van der Waals surface area contributed by atoms with E-state index in [1.165, 1.54) is 6.92 Å². The number of alkyl halides is 3. The topological polar surface area (TPSA) is 46.5 Å². The third kappa shape index (κ3) is 2.89. The smallest absolute Gasteiger partial charge is 0.419 e. The molecule has 0 aliphatic rings. The van der Waals surface area contributed by atoms with Crippen LogP contribution in [0.3, 0.4) is 0 Å². The van der Waals surface area contributed by atoms with Gasteiger partial charge in [0.05, 0.1) is 18.6 Å². The highest BCUT2D eigenvalue weighted by Gasteiger charge is 2.34. The Labute approximate surface area is 95.8 Å². The lowest BCUT2D eigenvalue weighted by Crippen LogP contribution is -2.11. The molecular formula is C11H11F3O3. The standard InChI is InChI=1S/C11H11F3O3/c1-6(10(15)16)7-3-4-8(11(12,13)14)9(5-7)17-2/h3-6H,1-2H3,(H,15,16). The summed E-state index contributed by atoms with van der Waals surface area (Å²) in [7, 11) is 1.11. The molecule has 0 amide bonds. The van der Waals surface area contributed by atoms with Crippen LogP contribution >= 0.6 is 0 Å². The number of rotatable bonds is 3. The Morgan fingerprint density at radius 2 is 2.00 bits per heavy atom. The monoisotopic (exact) mass is 248 g/mol. The van der Waals surface area contributed by atoms with E-state index in [-0.39, 0.29) is 11.3 Å². The Balaban J connectivity index is 3.22. The van der Waals surface area contributed by atoms with Gasteiger partial charge in [0.2, 0.25) is 0 Å². The number of carbonyl (C=O) groups is 1. The van der Waals surface area contributed by atoms with E-state index in [1.807, 2.05) is 0 Å². The zero-order valence-electron chi connectivity index (χ0n) is 9.21. The van der Waals surface area contributed by atoms with Crippen LogP contribution in [0.25, 0.3) is 0 Å². The fourth-order valence-electron chi connectivity index (χ4n) is 1.35. The van der Waals surface area contributed by atoms with Gasteiger partial charge in [-0.25, -0.2) is 0 Å². The molecule has 1 N–H and O–H groups in total. The molecule has 0 aliphatic carbocycles. The van der Waals surface area contributed by atoms with E-state index in [0.29, 0.717) is 0 Å². The van der Waals surface area contributed by atoms with E-state index >= 15 is 0 Å². The van der Waals surface area contributed by atoms with Crippen molar-refractivity contribution in [3.05, 3.63) is 29.3 Å². The normalized spacial score (nSPS) is 13.2. The van der Waals surface area contributed by atoms with Crippen molar-refractivity contribution < 1.29 is 27.8 Å². The molecule has 0 radical (unpaired) electrons. The quantitative estimate of drug-likeness (QED) is 0.894. The summed E-state index contributed by atoms with van der Waals surface area (Å²) in [5.41, 5.74) is -0.649.